The molecule has 2 aromatic heterocycles. The van der Waals surface area contributed by atoms with Gasteiger partial charge in [-0.2, -0.15) is 0 Å². The molecular formula is C24H21N7O3. The number of nitrogens with one attached hydrogen (secondary N) is 2. The van der Waals surface area contributed by atoms with Crippen LogP contribution in [-0.4, -0.2) is 25.8 Å². The second-order valence-electron chi connectivity index (χ2n) is 7.29. The zero-order chi connectivity index (χ0) is 23.9. The van der Waals surface area contributed by atoms with E-state index in [1.165, 1.54) is 13.3 Å². The molecule has 2 heterocycles. The largest absolute Gasteiger partial charge is 0.354 e. The zero-order valence-corrected chi connectivity index (χ0v) is 18.3. The van der Waals surface area contributed by atoms with Crippen molar-refractivity contribution < 1.29 is 9.72 Å². The molecule has 10 nitrogen and oxygen atoms in total. The monoisotopic (exact) mass is 455 g/mol. The molecule has 34 heavy (non-hydrogen) atoms. The van der Waals surface area contributed by atoms with Crippen molar-refractivity contribution in [1.82, 2.24) is 15.0 Å². The van der Waals surface area contributed by atoms with Crippen molar-refractivity contribution in [3.63, 3.8) is 0 Å². The van der Waals surface area contributed by atoms with Crippen molar-refractivity contribution in [1.29, 1.82) is 0 Å². The number of hydrogen-bond acceptors (Lipinski definition) is 8. The topological polar surface area (TPSA) is 126 Å². The Bertz CT molecular complexity index is 1280. The number of carbonyl (C=O) groups is 1. The Morgan fingerprint density at radius 2 is 1.65 bits per heavy atom. The number of nitro groups is 1. The maximum absolute atomic E-state index is 12.2. The molecule has 0 fully saturated rings. The molecule has 4 rings (SSSR count). The molecule has 0 aliphatic carbocycles. The summed E-state index contributed by atoms with van der Waals surface area (Å²) in [5, 5.41) is 17.9. The number of amides is 1. The van der Waals surface area contributed by atoms with Crippen LogP contribution in [0.25, 0.3) is 0 Å². The normalized spacial score (nSPS) is 10.4. The van der Waals surface area contributed by atoms with Crippen molar-refractivity contribution >= 4 is 40.4 Å². The quantitative estimate of drug-likeness (QED) is 0.286. The molecule has 0 bridgehead atoms. The SMILES string of the molecule is CC(=O)Nc1ccc(Nc2ncnc(N(Cc3ccccc3)c3ccccn3)c2[N+](=O)[O-])cc1. The number of nitrogens with zero attached hydrogens (tertiary/aromatic N) is 5. The van der Waals surface area contributed by atoms with Crippen molar-refractivity contribution in [2.75, 3.05) is 15.5 Å². The van der Waals surface area contributed by atoms with Gasteiger partial charge in [0.1, 0.15) is 12.1 Å². The first-order valence-corrected chi connectivity index (χ1v) is 10.4. The molecule has 2 aromatic carbocycles. The highest BCUT2D eigenvalue weighted by molar-refractivity contribution is 5.89. The van der Waals surface area contributed by atoms with Crippen molar-refractivity contribution in [2.45, 2.75) is 13.5 Å². The number of hydrogen-bond donors (Lipinski definition) is 2. The number of carbonyl (C=O) groups excluding carboxylic acids is 1. The Labute approximate surface area is 195 Å². The highest BCUT2D eigenvalue weighted by Gasteiger charge is 2.29. The highest BCUT2D eigenvalue weighted by Crippen LogP contribution is 2.37. The van der Waals surface area contributed by atoms with Crippen LogP contribution in [0.4, 0.5) is 34.5 Å². The molecule has 4 aromatic rings. The van der Waals surface area contributed by atoms with Gasteiger partial charge in [0.05, 0.1) is 11.5 Å². The second-order valence-corrected chi connectivity index (χ2v) is 7.29. The molecule has 170 valence electrons. The van der Waals surface area contributed by atoms with Gasteiger partial charge < -0.3 is 15.5 Å². The van der Waals surface area contributed by atoms with Gasteiger partial charge in [-0.1, -0.05) is 36.4 Å². The van der Waals surface area contributed by atoms with Gasteiger partial charge in [0.15, 0.2) is 0 Å². The van der Waals surface area contributed by atoms with E-state index in [0.717, 1.165) is 5.56 Å². The number of pyridine rings is 1. The van der Waals surface area contributed by atoms with Crippen LogP contribution in [0.1, 0.15) is 12.5 Å². The fourth-order valence-corrected chi connectivity index (χ4v) is 3.35. The minimum absolute atomic E-state index is 0.0382. The van der Waals surface area contributed by atoms with Gasteiger partial charge >= 0.3 is 5.69 Å². The molecule has 0 saturated carbocycles. The van der Waals surface area contributed by atoms with Gasteiger partial charge in [-0.3, -0.25) is 14.9 Å². The van der Waals surface area contributed by atoms with Gasteiger partial charge in [-0.05, 0) is 42.0 Å². The summed E-state index contributed by atoms with van der Waals surface area (Å²) in [7, 11) is 0. The molecule has 2 N–H and O–H groups in total. The molecule has 0 aliphatic rings. The third-order valence-electron chi connectivity index (χ3n) is 4.82. The van der Waals surface area contributed by atoms with Crippen molar-refractivity contribution in [3.8, 4) is 0 Å². The van der Waals surface area contributed by atoms with Gasteiger partial charge in [-0.15, -0.1) is 0 Å². The average Bonchev–Trinajstić information content (AvgIpc) is 2.84. The van der Waals surface area contributed by atoms with E-state index in [4.69, 9.17) is 0 Å². The van der Waals surface area contributed by atoms with Crippen LogP contribution >= 0.6 is 0 Å². The lowest BCUT2D eigenvalue weighted by Crippen LogP contribution is -2.21. The fourth-order valence-electron chi connectivity index (χ4n) is 3.35. The van der Waals surface area contributed by atoms with Gasteiger partial charge in [0.25, 0.3) is 0 Å². The van der Waals surface area contributed by atoms with Crippen molar-refractivity contribution in [3.05, 3.63) is 101 Å². The molecule has 0 unspecified atom stereocenters. The lowest BCUT2D eigenvalue weighted by molar-refractivity contribution is -0.383. The first-order chi connectivity index (χ1) is 16.5. The van der Waals surface area contributed by atoms with Crippen LogP contribution in [-0.2, 0) is 11.3 Å². The van der Waals surface area contributed by atoms with E-state index in [1.54, 1.807) is 47.5 Å². The molecule has 0 atom stereocenters. The van der Waals surface area contributed by atoms with Gasteiger partial charge in [0.2, 0.25) is 17.5 Å². The summed E-state index contributed by atoms with van der Waals surface area (Å²) in [6, 6.07) is 21.7. The van der Waals surface area contributed by atoms with E-state index in [0.29, 0.717) is 23.7 Å². The molecule has 0 radical (unpaired) electrons. The average molecular weight is 455 g/mol. The lowest BCUT2D eigenvalue weighted by Gasteiger charge is -2.23. The van der Waals surface area contributed by atoms with Gasteiger partial charge in [-0.25, -0.2) is 15.0 Å². The van der Waals surface area contributed by atoms with Crippen LogP contribution in [0.15, 0.2) is 85.3 Å². The Kier molecular flexibility index (Phi) is 6.68. The van der Waals surface area contributed by atoms with E-state index in [9.17, 15) is 14.9 Å². The molecular weight excluding hydrogens is 434 g/mol. The van der Waals surface area contributed by atoms with Crippen LogP contribution < -0.4 is 15.5 Å². The van der Waals surface area contributed by atoms with Gasteiger partial charge in [0, 0.05) is 24.5 Å². The molecule has 1 amide bonds. The fraction of sp³-hybridized carbons (Fsp3) is 0.0833. The third kappa shape index (κ3) is 5.30. The van der Waals surface area contributed by atoms with Crippen LogP contribution in [0.2, 0.25) is 0 Å². The molecule has 10 heteroatoms. The summed E-state index contributed by atoms with van der Waals surface area (Å²) in [6.45, 7) is 1.74. The van der Waals surface area contributed by atoms with Crippen LogP contribution in [0.3, 0.4) is 0 Å². The van der Waals surface area contributed by atoms with Crippen LogP contribution in [0, 0.1) is 10.1 Å². The zero-order valence-electron chi connectivity index (χ0n) is 18.3. The first-order valence-electron chi connectivity index (χ1n) is 10.4. The number of anilines is 5. The minimum atomic E-state index is -0.510. The Morgan fingerprint density at radius 1 is 0.941 bits per heavy atom. The Morgan fingerprint density at radius 3 is 2.29 bits per heavy atom. The predicted octanol–water partition coefficient (Wildman–Crippen LogP) is 4.82. The van der Waals surface area contributed by atoms with E-state index >= 15 is 0 Å². The summed E-state index contributed by atoms with van der Waals surface area (Å²) in [5.74, 6) is 0.472. The Hall–Kier alpha value is -4.86. The summed E-state index contributed by atoms with van der Waals surface area (Å²) in [4.78, 5) is 37.4. The van der Waals surface area contributed by atoms with Crippen molar-refractivity contribution in [2.24, 2.45) is 0 Å². The number of rotatable bonds is 8. The summed E-state index contributed by atoms with van der Waals surface area (Å²) in [5.41, 5.74) is 1.83. The van der Waals surface area contributed by atoms with E-state index in [-0.39, 0.29) is 23.2 Å². The third-order valence-corrected chi connectivity index (χ3v) is 4.82. The molecule has 0 aliphatic heterocycles. The number of benzene rings is 2. The lowest BCUT2D eigenvalue weighted by atomic mass is 10.2. The minimum Gasteiger partial charge on any atom is -0.334 e. The standard InChI is InChI=1S/C24H21N7O3/c1-17(32)28-19-10-12-20(13-11-19)29-23-22(31(33)34)24(27-16-26-23)30(21-9-5-6-14-25-21)15-18-7-3-2-4-8-18/h2-14,16H,15H2,1H3,(H,28,32)(H,26,27,29). The maximum atomic E-state index is 12.2. The highest BCUT2D eigenvalue weighted by atomic mass is 16.6. The van der Waals surface area contributed by atoms with E-state index < -0.39 is 4.92 Å². The summed E-state index contributed by atoms with van der Waals surface area (Å²) in [6.07, 6.45) is 2.90. The molecule has 0 saturated heterocycles. The molecule has 0 spiro atoms. The van der Waals surface area contributed by atoms with Crippen LogP contribution in [0.5, 0.6) is 0 Å². The number of aromatic nitrogens is 3. The Balaban J connectivity index is 1.73. The summed E-state index contributed by atoms with van der Waals surface area (Å²) >= 11 is 0. The van der Waals surface area contributed by atoms with E-state index in [1.807, 2.05) is 36.4 Å². The first kappa shape index (κ1) is 22.3. The smallest absolute Gasteiger partial charge is 0.334 e. The predicted molar refractivity (Wildman–Crippen MR) is 129 cm³/mol. The maximum Gasteiger partial charge on any atom is 0.354 e. The van der Waals surface area contributed by atoms with E-state index in [2.05, 4.69) is 25.6 Å². The second kappa shape index (κ2) is 10.2. The summed E-state index contributed by atoms with van der Waals surface area (Å²) < 4.78 is 0.